The highest BCUT2D eigenvalue weighted by Gasteiger charge is 2.13. The largest absolute Gasteiger partial charge is 0.481 e. The lowest BCUT2D eigenvalue weighted by Crippen LogP contribution is -2.29. The Bertz CT molecular complexity index is 504. The molecule has 0 radical (unpaired) electrons. The van der Waals surface area contributed by atoms with E-state index in [9.17, 15) is 9.59 Å². The maximum atomic E-state index is 11.8. The van der Waals surface area contributed by atoms with E-state index in [1.165, 1.54) is 0 Å². The van der Waals surface area contributed by atoms with Crippen molar-refractivity contribution < 1.29 is 9.90 Å². The first-order valence-electron chi connectivity index (χ1n) is 6.11. The van der Waals surface area contributed by atoms with Gasteiger partial charge in [-0.3, -0.25) is 9.36 Å². The van der Waals surface area contributed by atoms with E-state index in [-0.39, 0.29) is 12.1 Å². The normalized spacial score (nSPS) is 10.9. The molecular weight excluding hydrogens is 232 g/mol. The van der Waals surface area contributed by atoms with Crippen LogP contribution in [0.4, 0.5) is 0 Å². The second kappa shape index (κ2) is 5.80. The number of aliphatic carboxylic acids is 1. The molecule has 0 aromatic carbocycles. The summed E-state index contributed by atoms with van der Waals surface area (Å²) in [7, 11) is 0. The summed E-state index contributed by atoms with van der Waals surface area (Å²) >= 11 is 0. The SMILES string of the molecule is Cc1nc(=O)n(CC(C)C)c(C)c1CCC(=O)O. The second-order valence-corrected chi connectivity index (χ2v) is 4.94. The highest BCUT2D eigenvalue weighted by atomic mass is 16.4. The minimum absolute atomic E-state index is 0.0588. The second-order valence-electron chi connectivity index (χ2n) is 4.94. The molecule has 100 valence electrons. The van der Waals surface area contributed by atoms with Gasteiger partial charge >= 0.3 is 11.7 Å². The smallest absolute Gasteiger partial charge is 0.347 e. The molecule has 0 spiro atoms. The summed E-state index contributed by atoms with van der Waals surface area (Å²) in [5.41, 5.74) is 2.09. The van der Waals surface area contributed by atoms with Gasteiger partial charge < -0.3 is 5.11 Å². The number of carboxylic acids is 1. The minimum atomic E-state index is -0.838. The Balaban J connectivity index is 3.17. The first kappa shape index (κ1) is 14.4. The number of aromatic nitrogens is 2. The molecule has 0 amide bonds. The van der Waals surface area contributed by atoms with Crippen LogP contribution in [0.15, 0.2) is 4.79 Å². The lowest BCUT2D eigenvalue weighted by atomic mass is 10.1. The Hall–Kier alpha value is -1.65. The van der Waals surface area contributed by atoms with Gasteiger partial charge in [0, 0.05) is 24.4 Å². The maximum absolute atomic E-state index is 11.8. The molecule has 0 atom stereocenters. The lowest BCUT2D eigenvalue weighted by Gasteiger charge is -2.16. The Morgan fingerprint density at radius 2 is 2.00 bits per heavy atom. The van der Waals surface area contributed by atoms with Crippen molar-refractivity contribution in [2.45, 2.75) is 47.1 Å². The first-order valence-corrected chi connectivity index (χ1v) is 6.11. The third-order valence-corrected chi connectivity index (χ3v) is 2.91. The van der Waals surface area contributed by atoms with Gasteiger partial charge in [0.25, 0.3) is 0 Å². The quantitative estimate of drug-likeness (QED) is 0.862. The van der Waals surface area contributed by atoms with Gasteiger partial charge in [-0.2, -0.15) is 4.98 Å². The average Bonchev–Trinajstić information content (AvgIpc) is 2.23. The van der Waals surface area contributed by atoms with Crippen LogP contribution in [-0.2, 0) is 17.8 Å². The van der Waals surface area contributed by atoms with Crippen molar-refractivity contribution in [3.8, 4) is 0 Å². The van der Waals surface area contributed by atoms with Crippen molar-refractivity contribution in [1.29, 1.82) is 0 Å². The fourth-order valence-corrected chi connectivity index (χ4v) is 2.01. The first-order chi connectivity index (χ1) is 8.32. The highest BCUT2D eigenvalue weighted by Crippen LogP contribution is 2.13. The molecule has 0 fully saturated rings. The van der Waals surface area contributed by atoms with E-state index in [4.69, 9.17) is 5.11 Å². The summed E-state index contributed by atoms with van der Waals surface area (Å²) in [5.74, 6) is -0.492. The van der Waals surface area contributed by atoms with Crippen LogP contribution in [0.25, 0.3) is 0 Å². The summed E-state index contributed by atoms with van der Waals surface area (Å²) in [6, 6.07) is 0. The van der Waals surface area contributed by atoms with Crippen molar-refractivity contribution >= 4 is 5.97 Å². The minimum Gasteiger partial charge on any atom is -0.481 e. The standard InChI is InChI=1S/C13H20N2O3/c1-8(2)7-15-10(4)11(5-6-12(16)17)9(3)14-13(15)18/h8H,5-7H2,1-4H3,(H,16,17). The third kappa shape index (κ3) is 3.42. The number of hydrogen-bond acceptors (Lipinski definition) is 3. The zero-order chi connectivity index (χ0) is 13.9. The summed E-state index contributed by atoms with van der Waals surface area (Å²) < 4.78 is 1.63. The summed E-state index contributed by atoms with van der Waals surface area (Å²) in [6.07, 6.45) is 0.474. The van der Waals surface area contributed by atoms with Crippen LogP contribution in [0.5, 0.6) is 0 Å². The van der Waals surface area contributed by atoms with Gasteiger partial charge in [-0.05, 0) is 31.7 Å². The van der Waals surface area contributed by atoms with Crippen LogP contribution in [0, 0.1) is 19.8 Å². The molecule has 5 nitrogen and oxygen atoms in total. The van der Waals surface area contributed by atoms with Crippen molar-refractivity contribution in [3.05, 3.63) is 27.4 Å². The van der Waals surface area contributed by atoms with Gasteiger partial charge in [-0.25, -0.2) is 4.79 Å². The van der Waals surface area contributed by atoms with Crippen LogP contribution >= 0.6 is 0 Å². The number of aryl methyl sites for hydroxylation is 1. The van der Waals surface area contributed by atoms with Gasteiger partial charge in [-0.1, -0.05) is 13.8 Å². The van der Waals surface area contributed by atoms with E-state index in [0.717, 1.165) is 11.3 Å². The van der Waals surface area contributed by atoms with Crippen molar-refractivity contribution in [2.24, 2.45) is 5.92 Å². The molecule has 0 aliphatic rings. The van der Waals surface area contributed by atoms with Gasteiger partial charge in [-0.15, -0.1) is 0 Å². The summed E-state index contributed by atoms with van der Waals surface area (Å²) in [4.78, 5) is 26.4. The fraction of sp³-hybridized carbons (Fsp3) is 0.615. The molecule has 1 N–H and O–H groups in total. The molecule has 0 aliphatic carbocycles. The molecule has 0 saturated carbocycles. The van der Waals surface area contributed by atoms with E-state index >= 15 is 0 Å². The topological polar surface area (TPSA) is 72.2 Å². The van der Waals surface area contributed by atoms with Crippen LogP contribution in [0.3, 0.4) is 0 Å². The Morgan fingerprint density at radius 1 is 1.39 bits per heavy atom. The molecule has 18 heavy (non-hydrogen) atoms. The fourth-order valence-electron chi connectivity index (χ4n) is 2.01. The maximum Gasteiger partial charge on any atom is 0.347 e. The summed E-state index contributed by atoms with van der Waals surface area (Å²) in [6.45, 7) is 8.28. The van der Waals surface area contributed by atoms with Crippen molar-refractivity contribution in [1.82, 2.24) is 9.55 Å². The van der Waals surface area contributed by atoms with Crippen LogP contribution < -0.4 is 5.69 Å². The molecule has 1 heterocycles. The number of rotatable bonds is 5. The predicted octanol–water partition coefficient (Wildman–Crippen LogP) is 1.53. The van der Waals surface area contributed by atoms with E-state index in [2.05, 4.69) is 4.98 Å². The zero-order valence-corrected chi connectivity index (χ0v) is 11.4. The Morgan fingerprint density at radius 3 is 2.50 bits per heavy atom. The molecule has 0 bridgehead atoms. The van der Waals surface area contributed by atoms with Gasteiger partial charge in [0.1, 0.15) is 0 Å². The Labute approximate surface area is 106 Å². The molecule has 1 aromatic rings. The van der Waals surface area contributed by atoms with E-state index in [0.29, 0.717) is 24.6 Å². The molecule has 5 heteroatoms. The van der Waals surface area contributed by atoms with Gasteiger partial charge in [0.05, 0.1) is 0 Å². The zero-order valence-electron chi connectivity index (χ0n) is 11.4. The van der Waals surface area contributed by atoms with Crippen molar-refractivity contribution in [3.63, 3.8) is 0 Å². The molecule has 0 unspecified atom stereocenters. The lowest BCUT2D eigenvalue weighted by molar-refractivity contribution is -0.136. The molecule has 0 saturated heterocycles. The molecular formula is C13H20N2O3. The molecule has 1 aromatic heterocycles. The number of nitrogens with zero attached hydrogens (tertiary/aromatic N) is 2. The highest BCUT2D eigenvalue weighted by molar-refractivity contribution is 5.67. The predicted molar refractivity (Wildman–Crippen MR) is 68.8 cm³/mol. The molecule has 0 aliphatic heterocycles. The van der Waals surface area contributed by atoms with Gasteiger partial charge in [0.2, 0.25) is 0 Å². The van der Waals surface area contributed by atoms with Gasteiger partial charge in [0.15, 0.2) is 0 Å². The number of carboxylic acid groups (broad SMARTS) is 1. The van der Waals surface area contributed by atoms with Crippen molar-refractivity contribution in [2.75, 3.05) is 0 Å². The van der Waals surface area contributed by atoms with E-state index < -0.39 is 5.97 Å². The van der Waals surface area contributed by atoms with E-state index in [1.807, 2.05) is 20.8 Å². The Kier molecular flexibility index (Phi) is 4.64. The number of hydrogen-bond donors (Lipinski definition) is 1. The molecule has 1 rings (SSSR count). The number of carbonyl (C=O) groups is 1. The monoisotopic (exact) mass is 252 g/mol. The third-order valence-electron chi connectivity index (χ3n) is 2.91. The van der Waals surface area contributed by atoms with Crippen LogP contribution in [-0.4, -0.2) is 20.6 Å². The van der Waals surface area contributed by atoms with Crippen LogP contribution in [0.2, 0.25) is 0 Å². The summed E-state index contributed by atoms with van der Waals surface area (Å²) in [5, 5.41) is 8.74. The average molecular weight is 252 g/mol. The van der Waals surface area contributed by atoms with E-state index in [1.54, 1.807) is 11.5 Å². The van der Waals surface area contributed by atoms with Crippen LogP contribution in [0.1, 0.15) is 37.2 Å².